The Kier molecular flexibility index (Phi) is 5.96. The van der Waals surface area contributed by atoms with Crippen LogP contribution < -0.4 is 9.47 Å². The van der Waals surface area contributed by atoms with Crippen molar-refractivity contribution in [3.05, 3.63) is 60.2 Å². The van der Waals surface area contributed by atoms with Gasteiger partial charge in [-0.05, 0) is 29.8 Å². The van der Waals surface area contributed by atoms with Crippen molar-refractivity contribution in [2.75, 3.05) is 13.2 Å². The Bertz CT molecular complexity index is 611. The van der Waals surface area contributed by atoms with Crippen LogP contribution in [0.5, 0.6) is 11.5 Å². The molecule has 2 aromatic carbocycles. The van der Waals surface area contributed by atoms with Crippen molar-refractivity contribution in [1.29, 1.82) is 0 Å². The van der Waals surface area contributed by atoms with Crippen molar-refractivity contribution in [1.82, 2.24) is 0 Å². The summed E-state index contributed by atoms with van der Waals surface area (Å²) in [5.41, 5.74) is 0.262. The van der Waals surface area contributed by atoms with E-state index in [0.717, 1.165) is 0 Å². The van der Waals surface area contributed by atoms with E-state index in [4.69, 9.17) is 14.6 Å². The molecule has 0 amide bonds. The summed E-state index contributed by atoms with van der Waals surface area (Å²) >= 11 is 0. The van der Waals surface area contributed by atoms with E-state index < -0.39 is 18.2 Å². The third-order valence-corrected chi connectivity index (χ3v) is 3.06. The maximum absolute atomic E-state index is 10.7. The van der Waals surface area contributed by atoms with Gasteiger partial charge in [0.1, 0.15) is 30.8 Å². The zero-order chi connectivity index (χ0) is 16.7. The summed E-state index contributed by atoms with van der Waals surface area (Å²) in [6.45, 7) is 0.132. The number of aliphatic hydroxyl groups is 2. The van der Waals surface area contributed by atoms with Crippen LogP contribution in [0.25, 0.3) is 0 Å². The number of carboxylic acid groups (broad SMARTS) is 1. The molecule has 0 aromatic heterocycles. The van der Waals surface area contributed by atoms with Gasteiger partial charge in [-0.15, -0.1) is 0 Å². The van der Waals surface area contributed by atoms with Crippen LogP contribution >= 0.6 is 0 Å². The van der Waals surface area contributed by atoms with Gasteiger partial charge in [-0.25, -0.2) is 4.79 Å². The van der Waals surface area contributed by atoms with Crippen molar-refractivity contribution in [3.63, 3.8) is 0 Å². The summed E-state index contributed by atoms with van der Waals surface area (Å²) < 4.78 is 10.8. The lowest BCUT2D eigenvalue weighted by Crippen LogP contribution is -2.25. The normalized spacial score (nSPS) is 13.1. The van der Waals surface area contributed by atoms with Crippen LogP contribution in [-0.2, 0) is 4.79 Å². The molecule has 0 saturated heterocycles. The van der Waals surface area contributed by atoms with Crippen LogP contribution in [0.4, 0.5) is 0 Å². The number of carbonyl (C=O) groups is 1. The Morgan fingerprint density at radius 3 is 1.91 bits per heavy atom. The average Bonchev–Trinajstić information content (AvgIpc) is 2.58. The van der Waals surface area contributed by atoms with Crippen molar-refractivity contribution in [2.45, 2.75) is 12.2 Å². The highest BCUT2D eigenvalue weighted by Crippen LogP contribution is 2.18. The molecule has 0 spiro atoms. The third kappa shape index (κ3) is 5.28. The zero-order valence-electron chi connectivity index (χ0n) is 12.3. The first-order valence-corrected chi connectivity index (χ1v) is 7.06. The minimum Gasteiger partial charge on any atom is -0.491 e. The molecule has 3 N–H and O–H groups in total. The molecule has 122 valence electrons. The molecule has 0 aliphatic heterocycles. The Hall–Kier alpha value is -2.57. The molecule has 2 atom stereocenters. The van der Waals surface area contributed by atoms with Crippen LogP contribution in [0.3, 0.4) is 0 Å². The van der Waals surface area contributed by atoms with Crippen LogP contribution in [-0.4, -0.2) is 40.6 Å². The number of rotatable bonds is 8. The Morgan fingerprint density at radius 1 is 0.870 bits per heavy atom. The van der Waals surface area contributed by atoms with Crippen LogP contribution in [0.15, 0.2) is 54.6 Å². The first-order valence-electron chi connectivity index (χ1n) is 7.06. The minimum absolute atomic E-state index is 0.0354. The Labute approximate surface area is 133 Å². The molecule has 0 bridgehead atoms. The molecular weight excluding hydrogens is 300 g/mol. The summed E-state index contributed by atoms with van der Waals surface area (Å²) in [5.74, 6) is -0.184. The fourth-order valence-electron chi connectivity index (χ4n) is 1.84. The fourth-order valence-corrected chi connectivity index (χ4v) is 1.84. The number of ether oxygens (including phenoxy) is 2. The lowest BCUT2D eigenvalue weighted by atomic mass is 10.1. The smallest absolute Gasteiger partial charge is 0.337 e. The molecule has 6 nitrogen and oxygen atoms in total. The van der Waals surface area contributed by atoms with E-state index >= 15 is 0 Å². The molecule has 2 unspecified atom stereocenters. The topological polar surface area (TPSA) is 96.2 Å². The Morgan fingerprint density at radius 2 is 1.39 bits per heavy atom. The number of hydrogen-bond donors (Lipinski definition) is 3. The van der Waals surface area contributed by atoms with Gasteiger partial charge in [-0.2, -0.15) is 0 Å². The highest BCUT2D eigenvalue weighted by Gasteiger charge is 2.15. The van der Waals surface area contributed by atoms with Crippen LogP contribution in [0, 0.1) is 0 Å². The summed E-state index contributed by atoms with van der Waals surface area (Å²) in [4.78, 5) is 10.7. The van der Waals surface area contributed by atoms with E-state index in [0.29, 0.717) is 11.5 Å². The number of carboxylic acids is 1. The summed E-state index contributed by atoms with van der Waals surface area (Å²) in [7, 11) is 0. The molecule has 0 heterocycles. The number of para-hydroxylation sites is 1. The van der Waals surface area contributed by atoms with Gasteiger partial charge in [-0.3, -0.25) is 0 Å². The molecule has 0 radical (unpaired) electrons. The maximum Gasteiger partial charge on any atom is 0.337 e. The van der Waals surface area contributed by atoms with Gasteiger partial charge < -0.3 is 24.8 Å². The van der Waals surface area contributed by atoms with Gasteiger partial charge in [0.2, 0.25) is 0 Å². The van der Waals surface area contributed by atoms with E-state index in [1.807, 2.05) is 18.2 Å². The van der Waals surface area contributed by atoms with Gasteiger partial charge in [0.25, 0.3) is 0 Å². The highest BCUT2D eigenvalue weighted by molar-refractivity contribution is 5.74. The molecule has 23 heavy (non-hydrogen) atoms. The lowest BCUT2D eigenvalue weighted by molar-refractivity contribution is -0.146. The quantitative estimate of drug-likeness (QED) is 0.684. The van der Waals surface area contributed by atoms with E-state index in [9.17, 15) is 15.0 Å². The second kappa shape index (κ2) is 8.17. The molecule has 0 fully saturated rings. The number of benzene rings is 2. The van der Waals surface area contributed by atoms with Crippen molar-refractivity contribution >= 4 is 5.97 Å². The second-order valence-corrected chi connectivity index (χ2v) is 4.90. The molecule has 0 saturated carbocycles. The van der Waals surface area contributed by atoms with Crippen molar-refractivity contribution < 1.29 is 29.6 Å². The molecule has 6 heteroatoms. The second-order valence-electron chi connectivity index (χ2n) is 4.90. The fraction of sp³-hybridized carbons (Fsp3) is 0.235. The van der Waals surface area contributed by atoms with E-state index in [1.54, 1.807) is 12.1 Å². The largest absolute Gasteiger partial charge is 0.491 e. The van der Waals surface area contributed by atoms with E-state index in [2.05, 4.69) is 0 Å². The summed E-state index contributed by atoms with van der Waals surface area (Å²) in [6.07, 6.45) is -2.37. The van der Waals surface area contributed by atoms with Crippen LogP contribution in [0.1, 0.15) is 11.7 Å². The van der Waals surface area contributed by atoms with Gasteiger partial charge in [0.15, 0.2) is 6.10 Å². The van der Waals surface area contributed by atoms with E-state index in [1.165, 1.54) is 24.3 Å². The standard InChI is InChI=1S/C17H18O6/c18-13(10-22-14-4-2-1-3-5-14)11-23-15-8-6-12(7-9-15)16(19)17(20)21/h1-9,13,16,18-19H,10-11H2,(H,20,21). The van der Waals surface area contributed by atoms with Crippen molar-refractivity contribution in [2.24, 2.45) is 0 Å². The first kappa shape index (κ1) is 16.8. The number of hydrogen-bond acceptors (Lipinski definition) is 5. The maximum atomic E-state index is 10.7. The highest BCUT2D eigenvalue weighted by atomic mass is 16.5. The minimum atomic E-state index is -1.56. The molecular formula is C17H18O6. The SMILES string of the molecule is O=C(O)C(O)c1ccc(OCC(O)COc2ccccc2)cc1. The van der Waals surface area contributed by atoms with Crippen molar-refractivity contribution in [3.8, 4) is 11.5 Å². The lowest BCUT2D eigenvalue weighted by Gasteiger charge is -2.14. The van der Waals surface area contributed by atoms with Gasteiger partial charge in [0.05, 0.1) is 0 Å². The first-order chi connectivity index (χ1) is 11.1. The Balaban J connectivity index is 1.78. The van der Waals surface area contributed by atoms with Crippen LogP contribution in [0.2, 0.25) is 0 Å². The third-order valence-electron chi connectivity index (χ3n) is 3.06. The monoisotopic (exact) mass is 318 g/mol. The predicted octanol–water partition coefficient (Wildman–Crippen LogP) is 1.62. The van der Waals surface area contributed by atoms with Gasteiger partial charge >= 0.3 is 5.97 Å². The number of aliphatic carboxylic acids is 1. The predicted molar refractivity (Wildman–Crippen MR) is 82.5 cm³/mol. The molecule has 2 aromatic rings. The zero-order valence-corrected chi connectivity index (χ0v) is 12.3. The van der Waals surface area contributed by atoms with Gasteiger partial charge in [0, 0.05) is 0 Å². The molecule has 0 aliphatic rings. The van der Waals surface area contributed by atoms with Gasteiger partial charge in [-0.1, -0.05) is 30.3 Å². The summed E-state index contributed by atoms with van der Waals surface area (Å²) in [5, 5.41) is 27.9. The molecule has 0 aliphatic carbocycles. The molecule has 2 rings (SSSR count). The van der Waals surface area contributed by atoms with E-state index in [-0.39, 0.29) is 18.8 Å². The summed E-state index contributed by atoms with van der Waals surface area (Å²) in [6, 6.07) is 15.1. The number of aliphatic hydroxyl groups excluding tert-OH is 2. The average molecular weight is 318 g/mol.